The first-order chi connectivity index (χ1) is 8.19. The summed E-state index contributed by atoms with van der Waals surface area (Å²) in [4.78, 5) is 4.81. The lowest BCUT2D eigenvalue weighted by molar-refractivity contribution is 0.264. The Balaban J connectivity index is 1.89. The third kappa shape index (κ3) is 3.28. The lowest BCUT2D eigenvalue weighted by Crippen LogP contribution is -2.31. The minimum Gasteiger partial charge on any atom is -0.392 e. The minimum atomic E-state index is 0.132. The Kier molecular flexibility index (Phi) is 4.15. The summed E-state index contributed by atoms with van der Waals surface area (Å²) in [7, 11) is 4.31. The van der Waals surface area contributed by atoms with Crippen molar-refractivity contribution in [2.75, 3.05) is 27.2 Å². The molecule has 0 amide bonds. The summed E-state index contributed by atoms with van der Waals surface area (Å²) < 4.78 is 0. The van der Waals surface area contributed by atoms with Crippen molar-refractivity contribution in [1.82, 2.24) is 9.80 Å². The van der Waals surface area contributed by atoms with E-state index in [0.717, 1.165) is 18.7 Å². The quantitative estimate of drug-likeness (QED) is 0.851. The molecule has 0 spiro atoms. The molecule has 0 aliphatic carbocycles. The van der Waals surface area contributed by atoms with Crippen molar-refractivity contribution in [2.45, 2.75) is 25.6 Å². The molecular weight excluding hydrogens is 212 g/mol. The molecule has 0 radical (unpaired) electrons. The monoisotopic (exact) mass is 234 g/mol. The Hall–Kier alpha value is -0.900. The molecule has 1 N–H and O–H groups in total. The predicted octanol–water partition coefficient (Wildman–Crippen LogP) is 1.31. The van der Waals surface area contributed by atoms with Crippen LogP contribution in [0.15, 0.2) is 24.3 Å². The first kappa shape index (κ1) is 12.6. The van der Waals surface area contributed by atoms with Gasteiger partial charge < -0.3 is 10.0 Å². The van der Waals surface area contributed by atoms with Crippen LogP contribution in [0.25, 0.3) is 0 Å². The first-order valence-electron chi connectivity index (χ1n) is 6.26. The van der Waals surface area contributed by atoms with Gasteiger partial charge in [0, 0.05) is 25.7 Å². The van der Waals surface area contributed by atoms with E-state index in [1.54, 1.807) is 0 Å². The highest BCUT2D eigenvalue weighted by Crippen LogP contribution is 2.16. The average Bonchev–Trinajstić information content (AvgIpc) is 2.79. The molecule has 1 aliphatic rings. The van der Waals surface area contributed by atoms with Crippen LogP contribution >= 0.6 is 0 Å². The zero-order valence-electron chi connectivity index (χ0n) is 10.8. The maximum atomic E-state index is 8.99. The molecule has 94 valence electrons. The maximum Gasteiger partial charge on any atom is 0.0681 e. The molecule has 0 aromatic heterocycles. The van der Waals surface area contributed by atoms with Gasteiger partial charge in [0.25, 0.3) is 0 Å². The molecule has 0 bridgehead atoms. The lowest BCUT2D eigenvalue weighted by atomic mass is 10.1. The van der Waals surface area contributed by atoms with Gasteiger partial charge in [0.2, 0.25) is 0 Å². The molecule has 1 atom stereocenters. The number of nitrogens with zero attached hydrogens (tertiary/aromatic N) is 2. The van der Waals surface area contributed by atoms with E-state index in [0.29, 0.717) is 6.04 Å². The molecule has 1 heterocycles. The molecule has 2 rings (SSSR count). The molecule has 1 fully saturated rings. The van der Waals surface area contributed by atoms with E-state index in [9.17, 15) is 0 Å². The molecule has 1 aliphatic heterocycles. The van der Waals surface area contributed by atoms with Gasteiger partial charge in [-0.05, 0) is 31.6 Å². The fourth-order valence-electron chi connectivity index (χ4n) is 2.39. The summed E-state index contributed by atoms with van der Waals surface area (Å²) in [5, 5.41) is 8.99. The molecule has 3 heteroatoms. The minimum absolute atomic E-state index is 0.132. The van der Waals surface area contributed by atoms with Gasteiger partial charge in [0.15, 0.2) is 0 Å². The van der Waals surface area contributed by atoms with Crippen molar-refractivity contribution in [1.29, 1.82) is 0 Å². The van der Waals surface area contributed by atoms with Crippen LogP contribution in [0.3, 0.4) is 0 Å². The highest BCUT2D eigenvalue weighted by molar-refractivity contribution is 5.22. The third-order valence-corrected chi connectivity index (χ3v) is 3.59. The molecule has 17 heavy (non-hydrogen) atoms. The van der Waals surface area contributed by atoms with Gasteiger partial charge in [-0.15, -0.1) is 0 Å². The van der Waals surface area contributed by atoms with Gasteiger partial charge in [-0.25, -0.2) is 0 Å². The maximum absolute atomic E-state index is 8.99. The second-order valence-corrected chi connectivity index (χ2v) is 5.12. The third-order valence-electron chi connectivity index (χ3n) is 3.59. The Morgan fingerprint density at radius 3 is 2.41 bits per heavy atom. The van der Waals surface area contributed by atoms with Crippen molar-refractivity contribution >= 4 is 0 Å². The summed E-state index contributed by atoms with van der Waals surface area (Å²) in [6.07, 6.45) is 1.27. The number of likely N-dealkylation sites (N-methyl/N-ethyl adjacent to an activating group) is 1. The van der Waals surface area contributed by atoms with Crippen LogP contribution in [0, 0.1) is 0 Å². The normalized spacial score (nSPS) is 21.3. The Morgan fingerprint density at radius 2 is 1.88 bits per heavy atom. The van der Waals surface area contributed by atoms with E-state index >= 15 is 0 Å². The molecule has 0 saturated carbocycles. The van der Waals surface area contributed by atoms with Crippen LogP contribution in [0.5, 0.6) is 0 Å². The van der Waals surface area contributed by atoms with E-state index in [4.69, 9.17) is 5.11 Å². The number of hydrogen-bond donors (Lipinski definition) is 1. The highest BCUT2D eigenvalue weighted by Gasteiger charge is 2.23. The molecule has 1 aromatic rings. The number of hydrogen-bond acceptors (Lipinski definition) is 3. The van der Waals surface area contributed by atoms with Gasteiger partial charge in [-0.3, -0.25) is 4.90 Å². The van der Waals surface area contributed by atoms with Crippen molar-refractivity contribution < 1.29 is 5.11 Å². The number of rotatable bonds is 4. The summed E-state index contributed by atoms with van der Waals surface area (Å²) in [5.74, 6) is 0. The molecule has 1 unspecified atom stereocenters. The van der Waals surface area contributed by atoms with Gasteiger partial charge in [-0.1, -0.05) is 24.3 Å². The molecule has 3 nitrogen and oxygen atoms in total. The number of aliphatic hydroxyl groups excluding tert-OH is 1. The SMILES string of the molecule is CN(C)C1CCN(Cc2ccc(CO)cc2)C1. The first-order valence-corrected chi connectivity index (χ1v) is 6.26. The fraction of sp³-hybridized carbons (Fsp3) is 0.571. The number of likely N-dealkylation sites (tertiary alicyclic amines) is 1. The summed E-state index contributed by atoms with van der Waals surface area (Å²) in [6, 6.07) is 8.96. The van der Waals surface area contributed by atoms with Crippen LogP contribution in [-0.4, -0.2) is 48.1 Å². The van der Waals surface area contributed by atoms with Crippen LogP contribution in [0.4, 0.5) is 0 Å². The smallest absolute Gasteiger partial charge is 0.0681 e. The van der Waals surface area contributed by atoms with Crippen molar-refractivity contribution in [3.05, 3.63) is 35.4 Å². The van der Waals surface area contributed by atoms with Gasteiger partial charge in [0.05, 0.1) is 6.61 Å². The number of aliphatic hydroxyl groups is 1. The van der Waals surface area contributed by atoms with Gasteiger partial charge in [-0.2, -0.15) is 0 Å². The van der Waals surface area contributed by atoms with Crippen molar-refractivity contribution in [2.24, 2.45) is 0 Å². The second-order valence-electron chi connectivity index (χ2n) is 5.12. The van der Waals surface area contributed by atoms with Crippen molar-refractivity contribution in [3.8, 4) is 0 Å². The Bertz CT molecular complexity index is 348. The predicted molar refractivity (Wildman–Crippen MR) is 69.7 cm³/mol. The molecule has 1 saturated heterocycles. The molecular formula is C14H22N2O. The van der Waals surface area contributed by atoms with Crippen molar-refractivity contribution in [3.63, 3.8) is 0 Å². The van der Waals surface area contributed by atoms with Crippen LogP contribution < -0.4 is 0 Å². The Morgan fingerprint density at radius 1 is 1.24 bits per heavy atom. The fourth-order valence-corrected chi connectivity index (χ4v) is 2.39. The Labute approximate surface area is 104 Å². The van der Waals surface area contributed by atoms with E-state index in [1.165, 1.54) is 18.5 Å². The topological polar surface area (TPSA) is 26.7 Å². The van der Waals surface area contributed by atoms with Crippen LogP contribution in [-0.2, 0) is 13.2 Å². The number of benzene rings is 1. The lowest BCUT2D eigenvalue weighted by Gasteiger charge is -2.20. The van der Waals surface area contributed by atoms with Crippen LogP contribution in [0.2, 0.25) is 0 Å². The van der Waals surface area contributed by atoms with Gasteiger partial charge >= 0.3 is 0 Å². The van der Waals surface area contributed by atoms with E-state index in [-0.39, 0.29) is 6.61 Å². The van der Waals surface area contributed by atoms with E-state index in [1.807, 2.05) is 12.1 Å². The average molecular weight is 234 g/mol. The summed E-state index contributed by atoms with van der Waals surface area (Å²) in [6.45, 7) is 3.50. The largest absolute Gasteiger partial charge is 0.392 e. The highest BCUT2D eigenvalue weighted by atomic mass is 16.3. The zero-order chi connectivity index (χ0) is 12.3. The van der Waals surface area contributed by atoms with Gasteiger partial charge in [0.1, 0.15) is 0 Å². The zero-order valence-corrected chi connectivity index (χ0v) is 10.8. The molecule has 1 aromatic carbocycles. The summed E-state index contributed by atoms with van der Waals surface area (Å²) >= 11 is 0. The second kappa shape index (κ2) is 5.63. The standard InChI is InChI=1S/C14H22N2O/c1-15(2)14-7-8-16(10-14)9-12-3-5-13(11-17)6-4-12/h3-6,14,17H,7-11H2,1-2H3. The summed E-state index contributed by atoms with van der Waals surface area (Å²) in [5.41, 5.74) is 2.32. The van der Waals surface area contributed by atoms with Crippen LogP contribution in [0.1, 0.15) is 17.5 Å². The van der Waals surface area contributed by atoms with E-state index < -0.39 is 0 Å². The van der Waals surface area contributed by atoms with E-state index in [2.05, 4.69) is 36.0 Å².